The number of nitrogens with one attached hydrogen (secondary N) is 1. The number of hydrogen-bond donors (Lipinski definition) is 1. The Labute approximate surface area is 212 Å². The first-order chi connectivity index (χ1) is 18.3. The Hall–Kier alpha value is -3.38. The molecule has 2 aliphatic rings. The molecule has 6 rings (SSSR count). The van der Waals surface area contributed by atoms with Crippen LogP contribution in [0.5, 0.6) is 5.88 Å². The van der Waals surface area contributed by atoms with E-state index < -0.39 is 31.2 Å². The summed E-state index contributed by atoms with van der Waals surface area (Å²) in [5.41, 5.74) is 3.39. The van der Waals surface area contributed by atoms with Crippen molar-refractivity contribution in [1.29, 1.82) is 0 Å². The zero-order valence-electron chi connectivity index (χ0n) is 21.5. The number of nitrogens with zero attached hydrogens (tertiary/aromatic N) is 6. The number of rotatable bonds is 7. The maximum Gasteiger partial charge on any atom is 0.256 e. The Morgan fingerprint density at radius 2 is 2.11 bits per heavy atom. The molecular weight excluding hydrogens is 487 g/mol. The van der Waals surface area contributed by atoms with Gasteiger partial charge in [-0.15, -0.1) is 5.10 Å². The monoisotopic (exact) mass is 516 g/mol. The van der Waals surface area contributed by atoms with Crippen LogP contribution in [0.25, 0.3) is 27.7 Å². The van der Waals surface area contributed by atoms with Crippen molar-refractivity contribution >= 4 is 22.5 Å². The van der Waals surface area contributed by atoms with Crippen molar-refractivity contribution in [1.82, 2.24) is 29.0 Å². The minimum atomic E-state index is -2.50. The van der Waals surface area contributed by atoms with E-state index in [2.05, 4.69) is 20.4 Å². The maximum atomic E-state index is 15.1. The Bertz CT molecular complexity index is 1490. The van der Waals surface area contributed by atoms with E-state index >= 15 is 4.39 Å². The molecule has 0 amide bonds. The summed E-state index contributed by atoms with van der Waals surface area (Å²) in [5.74, 6) is 1.04. The van der Waals surface area contributed by atoms with Gasteiger partial charge in [0.1, 0.15) is 17.5 Å². The van der Waals surface area contributed by atoms with Crippen molar-refractivity contribution < 1.29 is 24.0 Å². The van der Waals surface area contributed by atoms with Gasteiger partial charge >= 0.3 is 0 Å². The van der Waals surface area contributed by atoms with Gasteiger partial charge in [0.15, 0.2) is 0 Å². The van der Waals surface area contributed by atoms with Crippen molar-refractivity contribution in [2.45, 2.75) is 44.5 Å². The van der Waals surface area contributed by atoms with E-state index in [1.54, 1.807) is 23.7 Å². The van der Waals surface area contributed by atoms with Crippen molar-refractivity contribution in [2.24, 2.45) is 0 Å². The molecule has 2 saturated heterocycles. The first-order valence-corrected chi connectivity index (χ1v) is 12.2. The quantitative estimate of drug-likeness (QED) is 0.402. The normalized spacial score (nSPS) is 22.4. The molecule has 0 saturated carbocycles. The topological polar surface area (TPSA) is 81.7 Å². The summed E-state index contributed by atoms with van der Waals surface area (Å²) in [4.78, 5) is 10.7. The largest absolute Gasteiger partial charge is 0.479 e. The molecule has 2 atom stereocenters. The second-order valence-corrected chi connectivity index (χ2v) is 9.39. The maximum absolute atomic E-state index is 15.1. The second-order valence-electron chi connectivity index (χ2n) is 9.39. The minimum Gasteiger partial charge on any atom is -0.479 e. The minimum absolute atomic E-state index is 0.141. The number of hydrogen-bond acceptors (Lipinski definition) is 7. The van der Waals surface area contributed by atoms with Crippen LogP contribution >= 0.6 is 0 Å². The first-order valence-electron chi connectivity index (χ1n) is 12.7. The van der Waals surface area contributed by atoms with Gasteiger partial charge in [-0.2, -0.15) is 4.98 Å². The zero-order valence-corrected chi connectivity index (χ0v) is 20.5. The first kappa shape index (κ1) is 22.8. The molecular formula is C25H28F3N7O2. The highest BCUT2D eigenvalue weighted by Gasteiger charge is 2.35. The lowest BCUT2D eigenvalue weighted by atomic mass is 10.0. The highest BCUT2D eigenvalue weighted by molar-refractivity contribution is 5.89. The number of piperidine rings is 1. The number of methoxy groups -OCH3 is 1. The third-order valence-corrected chi connectivity index (χ3v) is 7.08. The molecule has 0 aliphatic carbocycles. The number of halogens is 3. The third kappa shape index (κ3) is 4.37. The Kier molecular flexibility index (Phi) is 5.85. The van der Waals surface area contributed by atoms with E-state index in [4.69, 9.17) is 10.8 Å². The Morgan fingerprint density at radius 1 is 1.27 bits per heavy atom. The van der Waals surface area contributed by atoms with Gasteiger partial charge in [-0.25, -0.2) is 22.7 Å². The van der Waals surface area contributed by atoms with Gasteiger partial charge < -0.3 is 19.4 Å². The lowest BCUT2D eigenvalue weighted by Crippen LogP contribution is -2.57. The Morgan fingerprint density at radius 3 is 2.81 bits per heavy atom. The molecule has 3 aromatic heterocycles. The van der Waals surface area contributed by atoms with Gasteiger partial charge in [-0.3, -0.25) is 4.90 Å². The van der Waals surface area contributed by atoms with Crippen LogP contribution in [0.2, 0.25) is 0 Å². The van der Waals surface area contributed by atoms with Crippen LogP contribution < -0.4 is 10.1 Å². The summed E-state index contributed by atoms with van der Waals surface area (Å²) in [7, 11) is 1.50. The number of ether oxygens (including phenoxy) is 2. The lowest BCUT2D eigenvalue weighted by molar-refractivity contribution is -0.0794. The molecule has 0 radical (unpaired) electrons. The van der Waals surface area contributed by atoms with Crippen LogP contribution in [-0.2, 0) is 11.3 Å². The fourth-order valence-electron chi connectivity index (χ4n) is 5.10. The number of aromatic nitrogens is 5. The summed E-state index contributed by atoms with van der Waals surface area (Å²) >= 11 is 0. The molecule has 5 heterocycles. The molecule has 12 heteroatoms. The third-order valence-electron chi connectivity index (χ3n) is 7.08. The van der Waals surface area contributed by atoms with Gasteiger partial charge in [0, 0.05) is 24.8 Å². The fourth-order valence-corrected chi connectivity index (χ4v) is 5.10. The van der Waals surface area contributed by atoms with Crippen molar-refractivity contribution in [2.75, 3.05) is 38.7 Å². The molecule has 9 nitrogen and oxygen atoms in total. The average Bonchev–Trinajstić information content (AvgIpc) is 3.43. The Balaban J connectivity index is 1.29. The molecule has 1 N–H and O–H groups in total. The predicted octanol–water partition coefficient (Wildman–Crippen LogP) is 3.55. The van der Waals surface area contributed by atoms with Gasteiger partial charge in [-0.1, -0.05) is 6.07 Å². The van der Waals surface area contributed by atoms with Crippen LogP contribution in [0.4, 0.5) is 19.1 Å². The number of aryl methyl sites for hydroxylation is 1. The van der Waals surface area contributed by atoms with Crippen LogP contribution in [0.1, 0.15) is 13.6 Å². The molecule has 0 unspecified atom stereocenters. The van der Waals surface area contributed by atoms with Gasteiger partial charge in [0.05, 0.1) is 51.3 Å². The SMILES string of the molecule is [2H]C1(N2CC[C@@H](Nc3nc(OC)c4c(-c5ccc6nc(C)n(CC(F)F)c6c5)ccn4n3)[C@H](F)C2)COC1. The number of imidazole rings is 1. The van der Waals surface area contributed by atoms with Crippen molar-refractivity contribution in [3.63, 3.8) is 0 Å². The number of anilines is 1. The van der Waals surface area contributed by atoms with Crippen LogP contribution in [-0.4, -0.2) is 87.1 Å². The summed E-state index contributed by atoms with van der Waals surface area (Å²) < 4.78 is 63.6. The van der Waals surface area contributed by atoms with Crippen LogP contribution in [0, 0.1) is 6.92 Å². The predicted molar refractivity (Wildman–Crippen MR) is 132 cm³/mol. The van der Waals surface area contributed by atoms with E-state index in [-0.39, 0.29) is 12.5 Å². The van der Waals surface area contributed by atoms with Crippen molar-refractivity contribution in [3.05, 3.63) is 36.3 Å². The standard InChI is InChI=1S/C25H28F3N7O2/c1-14-29-20-4-3-15(9-21(20)34(14)11-22(27)28)17-5-8-35-23(17)24(36-2)31-25(32-35)30-19-6-7-33(10-18(19)26)16-12-37-13-16/h3-5,8-9,16,18-19,22H,6-7,10-13H2,1-2H3,(H,30,32)/t18-,19-/m1/s1/i16D. The molecule has 196 valence electrons. The van der Waals surface area contributed by atoms with Crippen LogP contribution in [0.3, 0.4) is 0 Å². The number of benzene rings is 1. The van der Waals surface area contributed by atoms with Gasteiger partial charge in [-0.05, 0) is 37.1 Å². The van der Waals surface area contributed by atoms with E-state index in [1.807, 2.05) is 23.1 Å². The van der Waals surface area contributed by atoms with Crippen LogP contribution in [0.15, 0.2) is 30.5 Å². The zero-order chi connectivity index (χ0) is 26.6. The lowest BCUT2D eigenvalue weighted by Gasteiger charge is -2.42. The number of likely N-dealkylation sites (tertiary alicyclic amines) is 1. The van der Waals surface area contributed by atoms with Gasteiger partial charge in [0.25, 0.3) is 6.43 Å². The molecule has 2 fully saturated rings. The van der Waals surface area contributed by atoms with E-state index in [0.717, 1.165) is 11.1 Å². The second kappa shape index (κ2) is 9.49. The average molecular weight is 517 g/mol. The summed E-state index contributed by atoms with van der Waals surface area (Å²) in [6, 6.07) is 6.00. The summed E-state index contributed by atoms with van der Waals surface area (Å²) in [6.07, 6.45) is -1.46. The molecule has 2 aliphatic heterocycles. The van der Waals surface area contributed by atoms with E-state index in [1.165, 1.54) is 11.7 Å². The van der Waals surface area contributed by atoms with Gasteiger partial charge in [0.2, 0.25) is 11.8 Å². The highest BCUT2D eigenvalue weighted by Crippen LogP contribution is 2.34. The molecule has 37 heavy (non-hydrogen) atoms. The number of fused-ring (bicyclic) bond motifs is 2. The van der Waals surface area contributed by atoms with Crippen molar-refractivity contribution in [3.8, 4) is 17.0 Å². The van der Waals surface area contributed by atoms with E-state index in [0.29, 0.717) is 54.4 Å². The molecule has 0 spiro atoms. The fraction of sp³-hybridized carbons (Fsp3) is 0.480. The number of alkyl halides is 3. The summed E-state index contributed by atoms with van der Waals surface area (Å²) in [5, 5.41) is 7.64. The van der Waals surface area contributed by atoms with E-state index in [9.17, 15) is 8.78 Å². The summed E-state index contributed by atoms with van der Waals surface area (Å²) in [6.45, 7) is 2.58. The molecule has 0 bridgehead atoms. The molecule has 1 aromatic carbocycles. The smallest absolute Gasteiger partial charge is 0.256 e. The highest BCUT2D eigenvalue weighted by atomic mass is 19.3. The molecule has 4 aromatic rings.